The van der Waals surface area contributed by atoms with E-state index in [-0.39, 0.29) is 5.91 Å². The lowest BCUT2D eigenvalue weighted by Gasteiger charge is -2.22. The molecule has 1 aliphatic carbocycles. The summed E-state index contributed by atoms with van der Waals surface area (Å²) in [5.41, 5.74) is 1.06. The van der Waals surface area contributed by atoms with E-state index in [9.17, 15) is 4.79 Å². The second-order valence-electron chi connectivity index (χ2n) is 5.31. The minimum Gasteiger partial charge on any atom is -0.497 e. The Bertz CT molecular complexity index is 409. The van der Waals surface area contributed by atoms with Gasteiger partial charge in [0.05, 0.1) is 13.5 Å². The van der Waals surface area contributed by atoms with Crippen molar-refractivity contribution in [1.29, 1.82) is 0 Å². The number of ether oxygens (including phenoxy) is 1. The number of benzene rings is 1. The lowest BCUT2D eigenvalue weighted by atomic mass is 10.1. The third-order valence-corrected chi connectivity index (χ3v) is 3.54. The summed E-state index contributed by atoms with van der Waals surface area (Å²) in [6, 6.07) is 7.76. The van der Waals surface area contributed by atoms with Crippen LogP contribution in [0.5, 0.6) is 5.75 Å². The first-order valence-corrected chi connectivity index (χ1v) is 7.13. The molecule has 0 atom stereocenters. The molecule has 0 aromatic heterocycles. The predicted molar refractivity (Wildman–Crippen MR) is 76.3 cm³/mol. The van der Waals surface area contributed by atoms with Crippen molar-refractivity contribution < 1.29 is 9.53 Å². The Morgan fingerprint density at radius 3 is 2.53 bits per heavy atom. The van der Waals surface area contributed by atoms with E-state index in [4.69, 9.17) is 4.74 Å². The van der Waals surface area contributed by atoms with E-state index in [1.54, 1.807) is 7.11 Å². The van der Waals surface area contributed by atoms with Crippen molar-refractivity contribution in [3.63, 3.8) is 0 Å². The number of carbonyl (C=O) groups is 1. The molecular formula is C16H23NO2. The molecule has 0 spiro atoms. The number of hydrogen-bond acceptors (Lipinski definition) is 2. The van der Waals surface area contributed by atoms with Crippen molar-refractivity contribution in [3.05, 3.63) is 29.8 Å². The largest absolute Gasteiger partial charge is 0.497 e. The van der Waals surface area contributed by atoms with Gasteiger partial charge in [0.2, 0.25) is 5.91 Å². The van der Waals surface area contributed by atoms with Crippen LogP contribution in [0.3, 0.4) is 0 Å². The van der Waals surface area contributed by atoms with Crippen molar-refractivity contribution in [2.75, 3.05) is 20.2 Å². The maximum atomic E-state index is 12.3. The Morgan fingerprint density at radius 1 is 1.32 bits per heavy atom. The molecule has 1 aromatic rings. The van der Waals surface area contributed by atoms with Crippen molar-refractivity contribution in [1.82, 2.24) is 4.90 Å². The average Bonchev–Trinajstić information content (AvgIpc) is 3.23. The number of methoxy groups -OCH3 is 1. The fraction of sp³-hybridized carbons (Fsp3) is 0.562. The molecule has 104 valence electrons. The third kappa shape index (κ3) is 4.27. The fourth-order valence-corrected chi connectivity index (χ4v) is 2.23. The van der Waals surface area contributed by atoms with Gasteiger partial charge in [0.15, 0.2) is 0 Å². The van der Waals surface area contributed by atoms with Gasteiger partial charge in [-0.1, -0.05) is 19.1 Å². The fourth-order valence-electron chi connectivity index (χ4n) is 2.23. The van der Waals surface area contributed by atoms with Gasteiger partial charge in [-0.25, -0.2) is 0 Å². The van der Waals surface area contributed by atoms with E-state index in [1.165, 1.54) is 12.8 Å². The molecule has 19 heavy (non-hydrogen) atoms. The quantitative estimate of drug-likeness (QED) is 0.755. The molecule has 2 rings (SSSR count). The highest BCUT2D eigenvalue weighted by Gasteiger charge is 2.26. The number of hydrogen-bond donors (Lipinski definition) is 0. The van der Waals surface area contributed by atoms with E-state index in [0.29, 0.717) is 6.42 Å². The monoisotopic (exact) mass is 261 g/mol. The Labute approximate surface area is 115 Å². The van der Waals surface area contributed by atoms with Crippen molar-refractivity contribution >= 4 is 5.91 Å². The van der Waals surface area contributed by atoms with Crippen LogP contribution in [0.4, 0.5) is 0 Å². The maximum absolute atomic E-state index is 12.3. The zero-order valence-electron chi connectivity index (χ0n) is 11.9. The van der Waals surface area contributed by atoms with Crippen LogP contribution in [-0.4, -0.2) is 31.0 Å². The van der Waals surface area contributed by atoms with E-state index in [2.05, 4.69) is 6.92 Å². The summed E-state index contributed by atoms with van der Waals surface area (Å²) in [5, 5.41) is 0. The van der Waals surface area contributed by atoms with Gasteiger partial charge < -0.3 is 9.64 Å². The van der Waals surface area contributed by atoms with Gasteiger partial charge in [0.1, 0.15) is 5.75 Å². The van der Waals surface area contributed by atoms with Crippen molar-refractivity contribution in [3.8, 4) is 5.75 Å². The summed E-state index contributed by atoms with van der Waals surface area (Å²) >= 11 is 0. The maximum Gasteiger partial charge on any atom is 0.226 e. The SMILES string of the molecule is CCCN(CC1CC1)C(=O)Cc1ccc(OC)cc1. The minimum absolute atomic E-state index is 0.249. The summed E-state index contributed by atoms with van der Waals surface area (Å²) in [6.07, 6.45) is 4.10. The summed E-state index contributed by atoms with van der Waals surface area (Å²) in [7, 11) is 1.65. The molecule has 0 aliphatic heterocycles. The van der Waals surface area contributed by atoms with Gasteiger partial charge in [-0.15, -0.1) is 0 Å². The Hall–Kier alpha value is -1.51. The number of nitrogens with zero attached hydrogens (tertiary/aromatic N) is 1. The summed E-state index contributed by atoms with van der Waals surface area (Å²) in [5.74, 6) is 1.84. The summed E-state index contributed by atoms with van der Waals surface area (Å²) < 4.78 is 5.13. The van der Waals surface area contributed by atoms with Crippen LogP contribution in [0.25, 0.3) is 0 Å². The number of rotatable bonds is 7. The lowest BCUT2D eigenvalue weighted by molar-refractivity contribution is -0.130. The van der Waals surface area contributed by atoms with Crippen molar-refractivity contribution in [2.45, 2.75) is 32.6 Å². The van der Waals surface area contributed by atoms with Crippen LogP contribution in [0, 0.1) is 5.92 Å². The first kappa shape index (κ1) is 13.9. The normalized spacial score (nSPS) is 14.2. The molecule has 0 unspecified atom stereocenters. The lowest BCUT2D eigenvalue weighted by Crippen LogP contribution is -2.34. The second-order valence-corrected chi connectivity index (χ2v) is 5.31. The van der Waals surface area contributed by atoms with Crippen LogP contribution >= 0.6 is 0 Å². The molecule has 1 aliphatic rings. The Balaban J connectivity index is 1.92. The summed E-state index contributed by atoms with van der Waals surface area (Å²) in [4.78, 5) is 14.3. The second kappa shape index (κ2) is 6.60. The van der Waals surface area contributed by atoms with E-state index >= 15 is 0 Å². The van der Waals surface area contributed by atoms with Crippen molar-refractivity contribution in [2.24, 2.45) is 5.92 Å². The number of carbonyl (C=O) groups excluding carboxylic acids is 1. The molecule has 0 saturated heterocycles. The van der Waals surface area contributed by atoms with E-state index in [1.807, 2.05) is 29.2 Å². The van der Waals surface area contributed by atoms with E-state index < -0.39 is 0 Å². The number of amides is 1. The first-order valence-electron chi connectivity index (χ1n) is 7.13. The van der Waals surface area contributed by atoms with Gasteiger partial charge >= 0.3 is 0 Å². The molecule has 0 heterocycles. The van der Waals surface area contributed by atoms with Gasteiger partial charge in [-0.2, -0.15) is 0 Å². The van der Waals surface area contributed by atoms with Gasteiger partial charge in [0, 0.05) is 13.1 Å². The van der Waals surface area contributed by atoms with Crippen LogP contribution in [-0.2, 0) is 11.2 Å². The average molecular weight is 261 g/mol. The highest BCUT2D eigenvalue weighted by molar-refractivity contribution is 5.78. The molecule has 0 bridgehead atoms. The Kier molecular flexibility index (Phi) is 4.83. The van der Waals surface area contributed by atoms with Gasteiger partial charge in [-0.3, -0.25) is 4.79 Å². The standard InChI is InChI=1S/C16H23NO2/c1-3-10-17(12-14-4-5-14)16(18)11-13-6-8-15(19-2)9-7-13/h6-9,14H,3-5,10-12H2,1-2H3. The van der Waals surface area contributed by atoms with E-state index in [0.717, 1.165) is 36.7 Å². The zero-order chi connectivity index (χ0) is 13.7. The highest BCUT2D eigenvalue weighted by Crippen LogP contribution is 2.30. The third-order valence-electron chi connectivity index (χ3n) is 3.54. The summed E-state index contributed by atoms with van der Waals surface area (Å²) in [6.45, 7) is 3.95. The molecule has 3 heteroatoms. The molecule has 1 saturated carbocycles. The predicted octanol–water partition coefficient (Wildman–Crippen LogP) is 2.89. The van der Waals surface area contributed by atoms with Crippen LogP contribution in [0.1, 0.15) is 31.7 Å². The van der Waals surface area contributed by atoms with Gasteiger partial charge in [-0.05, 0) is 42.9 Å². The zero-order valence-corrected chi connectivity index (χ0v) is 11.9. The first-order chi connectivity index (χ1) is 9.22. The molecule has 0 N–H and O–H groups in total. The minimum atomic E-state index is 0.249. The molecular weight excluding hydrogens is 238 g/mol. The van der Waals surface area contributed by atoms with Crippen LogP contribution in [0.2, 0.25) is 0 Å². The molecule has 0 radical (unpaired) electrons. The molecule has 1 aromatic carbocycles. The smallest absolute Gasteiger partial charge is 0.226 e. The molecule has 1 fully saturated rings. The molecule has 1 amide bonds. The molecule has 3 nitrogen and oxygen atoms in total. The van der Waals surface area contributed by atoms with Crippen LogP contribution in [0.15, 0.2) is 24.3 Å². The highest BCUT2D eigenvalue weighted by atomic mass is 16.5. The Morgan fingerprint density at radius 2 is 2.00 bits per heavy atom. The van der Waals surface area contributed by atoms with Gasteiger partial charge in [0.25, 0.3) is 0 Å². The van der Waals surface area contributed by atoms with Crippen LogP contribution < -0.4 is 4.74 Å². The topological polar surface area (TPSA) is 29.5 Å².